The number of nitrogens with two attached hydrogens (primary N) is 1. The van der Waals surface area contributed by atoms with Crippen LogP contribution in [0.3, 0.4) is 0 Å². The van der Waals surface area contributed by atoms with Crippen LogP contribution in [0.2, 0.25) is 5.02 Å². The maximum Gasteiger partial charge on any atom is 0.251 e. The number of phenolic OH excluding ortho intramolecular Hbond substituents is 1. The fourth-order valence-electron chi connectivity index (χ4n) is 1.83. The molecule has 3 rings (SSSR count). The molecule has 0 saturated carbocycles. The molecule has 1 heterocycles. The number of carbonyl (C=O) groups excluding carboxylic acids is 1. The number of amides is 1. The number of hydrogen-bond acceptors (Lipinski definition) is 4. The number of alkyl halides is 1. The number of primary amides is 1. The van der Waals surface area contributed by atoms with Crippen LogP contribution in [-0.4, -0.2) is 16.0 Å². The highest BCUT2D eigenvalue weighted by Gasteiger charge is 2.07. The SMILES string of the molecule is Clc1ccc(-c2csc(CBr)n2)cc1.NC(=O)c1cc(O)ccc1F. The lowest BCUT2D eigenvalue weighted by atomic mass is 10.2. The van der Waals surface area contributed by atoms with Crippen LogP contribution in [0.25, 0.3) is 11.3 Å². The first-order valence-electron chi connectivity index (χ1n) is 6.95. The van der Waals surface area contributed by atoms with E-state index in [2.05, 4.69) is 26.3 Å². The summed E-state index contributed by atoms with van der Waals surface area (Å²) in [6, 6.07) is 10.8. The largest absolute Gasteiger partial charge is 0.508 e. The molecule has 1 amide bonds. The maximum absolute atomic E-state index is 12.6. The highest BCUT2D eigenvalue weighted by Crippen LogP contribution is 2.24. The molecule has 2 aromatic carbocycles. The van der Waals surface area contributed by atoms with Crippen LogP contribution >= 0.6 is 38.9 Å². The first-order chi connectivity index (χ1) is 11.9. The lowest BCUT2D eigenvalue weighted by Gasteiger charge is -1.97. The van der Waals surface area contributed by atoms with Gasteiger partial charge in [0, 0.05) is 16.0 Å². The van der Waals surface area contributed by atoms with E-state index in [1.54, 1.807) is 11.3 Å². The van der Waals surface area contributed by atoms with Gasteiger partial charge in [-0.15, -0.1) is 11.3 Å². The van der Waals surface area contributed by atoms with E-state index >= 15 is 0 Å². The predicted octanol–water partition coefficient (Wildman–Crippen LogP) is 4.99. The number of carbonyl (C=O) groups is 1. The van der Waals surface area contributed by atoms with Gasteiger partial charge in [-0.25, -0.2) is 9.37 Å². The monoisotopic (exact) mass is 442 g/mol. The predicted molar refractivity (Wildman–Crippen MR) is 102 cm³/mol. The zero-order valence-corrected chi connectivity index (χ0v) is 15.9. The van der Waals surface area contributed by atoms with Gasteiger partial charge in [0.2, 0.25) is 0 Å². The Morgan fingerprint density at radius 1 is 1.28 bits per heavy atom. The van der Waals surface area contributed by atoms with Crippen LogP contribution in [0.4, 0.5) is 4.39 Å². The van der Waals surface area contributed by atoms with Gasteiger partial charge in [-0.1, -0.05) is 39.7 Å². The second kappa shape index (κ2) is 8.94. The third kappa shape index (κ3) is 5.52. The highest BCUT2D eigenvalue weighted by atomic mass is 79.9. The molecule has 25 heavy (non-hydrogen) atoms. The summed E-state index contributed by atoms with van der Waals surface area (Å²) < 4.78 is 12.6. The fourth-order valence-corrected chi connectivity index (χ4v) is 3.13. The molecule has 0 fully saturated rings. The highest BCUT2D eigenvalue weighted by molar-refractivity contribution is 9.08. The van der Waals surface area contributed by atoms with Crippen molar-refractivity contribution in [3.05, 3.63) is 69.3 Å². The topological polar surface area (TPSA) is 76.2 Å². The molecule has 0 aliphatic rings. The molecule has 0 radical (unpaired) electrons. The number of halogens is 3. The molecule has 3 aromatic rings. The fraction of sp³-hybridized carbons (Fsp3) is 0.0588. The molecule has 130 valence electrons. The number of hydrogen-bond donors (Lipinski definition) is 2. The van der Waals surface area contributed by atoms with Gasteiger partial charge in [-0.05, 0) is 30.3 Å². The number of phenols is 1. The van der Waals surface area contributed by atoms with E-state index in [0.717, 1.165) is 44.8 Å². The second-order valence-electron chi connectivity index (χ2n) is 4.80. The number of nitrogens with zero attached hydrogens (tertiary/aromatic N) is 1. The van der Waals surface area contributed by atoms with Gasteiger partial charge in [0.05, 0.1) is 16.6 Å². The maximum atomic E-state index is 12.6. The quantitative estimate of drug-likeness (QED) is 0.560. The molecule has 0 spiro atoms. The van der Waals surface area contributed by atoms with Crippen LogP contribution in [0, 0.1) is 5.82 Å². The van der Waals surface area contributed by atoms with Crippen LogP contribution in [0.15, 0.2) is 47.8 Å². The summed E-state index contributed by atoms with van der Waals surface area (Å²) in [5.41, 5.74) is 6.62. The normalized spacial score (nSPS) is 10.0. The van der Waals surface area contributed by atoms with E-state index in [4.69, 9.17) is 22.4 Å². The van der Waals surface area contributed by atoms with Gasteiger partial charge in [-0.2, -0.15) is 0 Å². The van der Waals surface area contributed by atoms with E-state index in [9.17, 15) is 9.18 Å². The van der Waals surface area contributed by atoms with E-state index in [1.165, 1.54) is 0 Å². The van der Waals surface area contributed by atoms with Crippen molar-refractivity contribution < 1.29 is 14.3 Å². The minimum absolute atomic E-state index is 0.180. The number of rotatable bonds is 3. The van der Waals surface area contributed by atoms with Crippen LogP contribution in [0.1, 0.15) is 15.4 Å². The lowest BCUT2D eigenvalue weighted by molar-refractivity contribution is 0.0996. The Balaban J connectivity index is 0.000000186. The molecule has 0 aliphatic carbocycles. The van der Waals surface area contributed by atoms with Crippen molar-refractivity contribution in [2.45, 2.75) is 5.33 Å². The molecule has 0 atom stereocenters. The third-order valence-electron chi connectivity index (χ3n) is 3.02. The van der Waals surface area contributed by atoms with E-state index in [0.29, 0.717) is 0 Å². The second-order valence-corrected chi connectivity index (χ2v) is 6.74. The van der Waals surface area contributed by atoms with E-state index in [1.807, 2.05) is 24.3 Å². The van der Waals surface area contributed by atoms with Crippen LogP contribution in [-0.2, 0) is 5.33 Å². The van der Waals surface area contributed by atoms with Crippen molar-refractivity contribution in [1.82, 2.24) is 4.98 Å². The number of aromatic nitrogens is 1. The standard InChI is InChI=1S/C10H7BrClNS.C7H6FNO2/c11-5-10-13-9(6-14-10)7-1-3-8(12)4-2-7;8-6-2-1-4(10)3-5(6)7(9)11/h1-4,6H,5H2;1-3,10H,(H2,9,11). The molecule has 3 N–H and O–H groups in total. The Bertz CT molecular complexity index is 871. The van der Waals surface area contributed by atoms with Crippen LogP contribution < -0.4 is 5.73 Å². The number of benzene rings is 2. The summed E-state index contributed by atoms with van der Waals surface area (Å²) in [4.78, 5) is 14.9. The van der Waals surface area contributed by atoms with Crippen LogP contribution in [0.5, 0.6) is 5.75 Å². The van der Waals surface area contributed by atoms with Crippen molar-refractivity contribution in [2.24, 2.45) is 5.73 Å². The Kier molecular flexibility index (Phi) is 6.92. The molecule has 4 nitrogen and oxygen atoms in total. The van der Waals surface area contributed by atoms with Gasteiger partial charge in [-0.3, -0.25) is 4.79 Å². The minimum atomic E-state index is -0.890. The molecule has 0 aliphatic heterocycles. The molecule has 0 unspecified atom stereocenters. The zero-order chi connectivity index (χ0) is 18.4. The average molecular weight is 444 g/mol. The Hall–Kier alpha value is -1.96. The van der Waals surface area contributed by atoms with Gasteiger partial charge >= 0.3 is 0 Å². The Morgan fingerprint density at radius 2 is 1.96 bits per heavy atom. The summed E-state index contributed by atoms with van der Waals surface area (Å²) in [5, 5.41) is 13.5. The van der Waals surface area contributed by atoms with Crippen molar-refractivity contribution >= 4 is 44.8 Å². The zero-order valence-electron chi connectivity index (χ0n) is 12.7. The van der Waals surface area contributed by atoms with Gasteiger partial charge in [0.1, 0.15) is 16.6 Å². The van der Waals surface area contributed by atoms with Crippen molar-refractivity contribution in [1.29, 1.82) is 0 Å². The van der Waals surface area contributed by atoms with E-state index in [-0.39, 0.29) is 11.3 Å². The molecular formula is C17H13BrClFN2O2S. The third-order valence-corrected chi connectivity index (χ3v) is 5.02. The van der Waals surface area contributed by atoms with Crippen molar-refractivity contribution in [2.75, 3.05) is 0 Å². The smallest absolute Gasteiger partial charge is 0.251 e. The number of aromatic hydroxyl groups is 1. The van der Waals surface area contributed by atoms with Gasteiger partial charge in [0.15, 0.2) is 0 Å². The first kappa shape index (κ1) is 19.4. The number of thiazole rings is 1. The average Bonchev–Trinajstić information content (AvgIpc) is 3.07. The van der Waals surface area contributed by atoms with Gasteiger partial charge in [0.25, 0.3) is 5.91 Å². The minimum Gasteiger partial charge on any atom is -0.508 e. The molecule has 0 saturated heterocycles. The lowest BCUT2D eigenvalue weighted by Crippen LogP contribution is -2.12. The summed E-state index contributed by atoms with van der Waals surface area (Å²) in [7, 11) is 0. The van der Waals surface area contributed by atoms with Gasteiger partial charge < -0.3 is 10.8 Å². The first-order valence-corrected chi connectivity index (χ1v) is 9.33. The summed E-state index contributed by atoms with van der Waals surface area (Å²) in [6.07, 6.45) is 0. The van der Waals surface area contributed by atoms with E-state index < -0.39 is 11.7 Å². The molecular weight excluding hydrogens is 431 g/mol. The molecule has 0 bridgehead atoms. The Labute approximate surface area is 161 Å². The molecule has 8 heteroatoms. The van der Waals surface area contributed by atoms with Crippen molar-refractivity contribution in [3.8, 4) is 17.0 Å². The Morgan fingerprint density at radius 3 is 2.48 bits per heavy atom. The molecule has 1 aromatic heterocycles. The summed E-state index contributed by atoms with van der Waals surface area (Å²) in [5.74, 6) is -1.80. The van der Waals surface area contributed by atoms with Crippen molar-refractivity contribution in [3.63, 3.8) is 0 Å². The summed E-state index contributed by atoms with van der Waals surface area (Å²) in [6.45, 7) is 0. The summed E-state index contributed by atoms with van der Waals surface area (Å²) >= 11 is 10.8.